The number of nitrogens with two attached hydrogens (primary N) is 1. The number of amides is 1. The van der Waals surface area contributed by atoms with Gasteiger partial charge >= 0.3 is 0 Å². The van der Waals surface area contributed by atoms with E-state index in [4.69, 9.17) is 5.73 Å². The quantitative estimate of drug-likeness (QED) is 0.544. The molecule has 1 amide bonds. The largest absolute Gasteiger partial charge is 0.369 e. The lowest BCUT2D eigenvalue weighted by molar-refractivity contribution is -0.118. The fourth-order valence-corrected chi connectivity index (χ4v) is 3.24. The van der Waals surface area contributed by atoms with Gasteiger partial charge in [-0.3, -0.25) is 4.79 Å². The number of hydrogen-bond donors (Lipinski definition) is 3. The smallest absolute Gasteiger partial charge is 0.237 e. The fourth-order valence-electron chi connectivity index (χ4n) is 3.24. The number of hydrogen-bond acceptors (Lipinski definition) is 4. The summed E-state index contributed by atoms with van der Waals surface area (Å²) in [6.45, 7) is 6.62. The summed E-state index contributed by atoms with van der Waals surface area (Å²) in [6.07, 6.45) is 1.79. The van der Waals surface area contributed by atoms with Crippen LogP contribution in [0.2, 0.25) is 0 Å². The third kappa shape index (κ3) is 3.86. The maximum Gasteiger partial charge on any atom is 0.237 e. The van der Waals surface area contributed by atoms with Crippen LogP contribution in [0.5, 0.6) is 0 Å². The predicted molar refractivity (Wildman–Crippen MR) is 105 cm³/mol. The van der Waals surface area contributed by atoms with Crippen LogP contribution >= 0.6 is 0 Å². The topological polar surface area (TPSA) is 85.0 Å². The standard InChI is InChI=1S/C20H25N5O/c1-14-6-5-9-23-20(14)24-11-10-22-12-17-15(2)25(13-19(21)26)18-8-4-3-7-16(17)18/h3-9,22H,10-13H2,1-2H3,(H2,21,26)(H,23,24). The molecule has 2 aromatic heterocycles. The van der Waals surface area contributed by atoms with E-state index in [1.165, 1.54) is 5.56 Å². The van der Waals surface area contributed by atoms with Gasteiger partial charge in [0.2, 0.25) is 5.91 Å². The van der Waals surface area contributed by atoms with E-state index in [2.05, 4.69) is 21.7 Å². The first-order chi connectivity index (χ1) is 12.6. The lowest BCUT2D eigenvalue weighted by atomic mass is 10.1. The maximum atomic E-state index is 11.4. The average Bonchev–Trinajstić information content (AvgIpc) is 2.88. The number of carbonyl (C=O) groups is 1. The highest BCUT2D eigenvalue weighted by molar-refractivity contribution is 5.87. The SMILES string of the molecule is Cc1cccnc1NCCNCc1c(C)n(CC(N)=O)c2ccccc12. The van der Waals surface area contributed by atoms with Crippen LogP contribution in [0, 0.1) is 13.8 Å². The monoisotopic (exact) mass is 351 g/mol. The summed E-state index contributed by atoms with van der Waals surface area (Å²) in [5.74, 6) is 0.590. The molecule has 0 spiro atoms. The summed E-state index contributed by atoms with van der Waals surface area (Å²) < 4.78 is 1.99. The summed E-state index contributed by atoms with van der Waals surface area (Å²) >= 11 is 0. The highest BCUT2D eigenvalue weighted by Gasteiger charge is 2.14. The van der Waals surface area contributed by atoms with E-state index >= 15 is 0 Å². The zero-order valence-corrected chi connectivity index (χ0v) is 15.2. The van der Waals surface area contributed by atoms with Gasteiger partial charge in [-0.2, -0.15) is 0 Å². The number of benzene rings is 1. The average molecular weight is 351 g/mol. The Labute approximate surface area is 153 Å². The molecule has 6 heteroatoms. The van der Waals surface area contributed by atoms with Crippen LogP contribution in [0.1, 0.15) is 16.8 Å². The normalized spacial score (nSPS) is 11.0. The van der Waals surface area contributed by atoms with Gasteiger partial charge in [-0.25, -0.2) is 4.98 Å². The van der Waals surface area contributed by atoms with E-state index in [1.54, 1.807) is 6.20 Å². The lowest BCUT2D eigenvalue weighted by Gasteiger charge is -2.10. The van der Waals surface area contributed by atoms with Crippen molar-refractivity contribution in [2.45, 2.75) is 26.9 Å². The van der Waals surface area contributed by atoms with Gasteiger partial charge < -0.3 is 20.9 Å². The number of primary amides is 1. The third-order valence-corrected chi connectivity index (χ3v) is 4.58. The molecule has 0 radical (unpaired) electrons. The van der Waals surface area contributed by atoms with Crippen LogP contribution in [0.15, 0.2) is 42.6 Å². The minimum absolute atomic E-state index is 0.201. The van der Waals surface area contributed by atoms with Crippen LogP contribution < -0.4 is 16.4 Å². The summed E-state index contributed by atoms with van der Waals surface area (Å²) in [5.41, 5.74) is 9.87. The number of anilines is 1. The van der Waals surface area contributed by atoms with Crippen LogP contribution in [0.3, 0.4) is 0 Å². The van der Waals surface area contributed by atoms with Gasteiger partial charge in [-0.05, 0) is 37.1 Å². The van der Waals surface area contributed by atoms with Crippen LogP contribution in [-0.2, 0) is 17.9 Å². The molecule has 2 heterocycles. The molecule has 1 aromatic carbocycles. The van der Waals surface area contributed by atoms with Gasteiger partial charge in [0.1, 0.15) is 12.4 Å². The first kappa shape index (κ1) is 17.9. The minimum atomic E-state index is -0.330. The van der Waals surface area contributed by atoms with E-state index in [-0.39, 0.29) is 12.5 Å². The molecule has 0 bridgehead atoms. The molecule has 26 heavy (non-hydrogen) atoms. The van der Waals surface area contributed by atoms with Crippen molar-refractivity contribution in [3.05, 3.63) is 59.4 Å². The van der Waals surface area contributed by atoms with Crippen molar-refractivity contribution in [3.63, 3.8) is 0 Å². The van der Waals surface area contributed by atoms with Crippen molar-refractivity contribution in [1.29, 1.82) is 0 Å². The van der Waals surface area contributed by atoms with Crippen molar-refractivity contribution in [2.75, 3.05) is 18.4 Å². The molecule has 0 saturated carbocycles. The Kier molecular flexibility index (Phi) is 5.53. The van der Waals surface area contributed by atoms with Gasteiger partial charge in [0.15, 0.2) is 0 Å². The molecular weight excluding hydrogens is 326 g/mol. The van der Waals surface area contributed by atoms with E-state index in [0.717, 1.165) is 47.6 Å². The molecule has 4 N–H and O–H groups in total. The number of nitrogens with one attached hydrogen (secondary N) is 2. The number of aromatic nitrogens is 2. The molecule has 6 nitrogen and oxygen atoms in total. The highest BCUT2D eigenvalue weighted by atomic mass is 16.1. The van der Waals surface area contributed by atoms with Gasteiger partial charge in [0.25, 0.3) is 0 Å². The Morgan fingerprint density at radius 3 is 2.73 bits per heavy atom. The number of nitrogens with zero attached hydrogens (tertiary/aromatic N) is 2. The van der Waals surface area contributed by atoms with Crippen molar-refractivity contribution >= 4 is 22.6 Å². The molecule has 0 atom stereocenters. The third-order valence-electron chi connectivity index (χ3n) is 4.58. The summed E-state index contributed by atoms with van der Waals surface area (Å²) in [4.78, 5) is 15.7. The second-order valence-corrected chi connectivity index (χ2v) is 6.41. The number of carbonyl (C=O) groups excluding carboxylic acids is 1. The lowest BCUT2D eigenvalue weighted by Crippen LogP contribution is -2.23. The zero-order valence-electron chi connectivity index (χ0n) is 15.2. The predicted octanol–water partition coefficient (Wildman–Crippen LogP) is 2.34. The van der Waals surface area contributed by atoms with Crippen molar-refractivity contribution < 1.29 is 4.79 Å². The molecular formula is C20H25N5O. The van der Waals surface area contributed by atoms with Crippen LogP contribution in [-0.4, -0.2) is 28.5 Å². The van der Waals surface area contributed by atoms with Crippen molar-refractivity contribution in [1.82, 2.24) is 14.9 Å². The summed E-state index contributed by atoms with van der Waals surface area (Å²) in [5, 5.41) is 7.97. The van der Waals surface area contributed by atoms with Crippen molar-refractivity contribution in [3.8, 4) is 0 Å². The van der Waals surface area contributed by atoms with E-state index in [9.17, 15) is 4.79 Å². The first-order valence-corrected chi connectivity index (χ1v) is 8.79. The maximum absolute atomic E-state index is 11.4. The van der Waals surface area contributed by atoms with E-state index in [1.807, 2.05) is 48.7 Å². The fraction of sp³-hybridized carbons (Fsp3) is 0.300. The molecule has 0 saturated heterocycles. The number of fused-ring (bicyclic) bond motifs is 1. The second kappa shape index (κ2) is 8.01. The zero-order chi connectivity index (χ0) is 18.5. The van der Waals surface area contributed by atoms with Gasteiger partial charge in [0.05, 0.1) is 0 Å². The summed E-state index contributed by atoms with van der Waals surface area (Å²) in [6, 6.07) is 12.1. The minimum Gasteiger partial charge on any atom is -0.369 e. The number of pyridine rings is 1. The molecule has 136 valence electrons. The Morgan fingerprint density at radius 2 is 1.96 bits per heavy atom. The van der Waals surface area contributed by atoms with Crippen LogP contribution in [0.4, 0.5) is 5.82 Å². The Bertz CT molecular complexity index is 916. The van der Waals surface area contributed by atoms with Gasteiger partial charge in [-0.15, -0.1) is 0 Å². The van der Waals surface area contributed by atoms with Gasteiger partial charge in [0, 0.05) is 42.4 Å². The first-order valence-electron chi connectivity index (χ1n) is 8.79. The number of para-hydroxylation sites is 1. The molecule has 0 fully saturated rings. The van der Waals surface area contributed by atoms with Crippen molar-refractivity contribution in [2.24, 2.45) is 5.73 Å². The Hall–Kier alpha value is -2.86. The van der Waals surface area contributed by atoms with E-state index in [0.29, 0.717) is 0 Å². The second-order valence-electron chi connectivity index (χ2n) is 6.41. The molecule has 0 unspecified atom stereocenters. The summed E-state index contributed by atoms with van der Waals surface area (Å²) in [7, 11) is 0. The van der Waals surface area contributed by atoms with Crippen LogP contribution in [0.25, 0.3) is 10.9 Å². The molecule has 0 aliphatic heterocycles. The molecule has 3 aromatic rings. The van der Waals surface area contributed by atoms with E-state index < -0.39 is 0 Å². The van der Waals surface area contributed by atoms with Gasteiger partial charge in [-0.1, -0.05) is 24.3 Å². The molecule has 0 aliphatic carbocycles. The number of rotatable bonds is 8. The molecule has 0 aliphatic rings. The Morgan fingerprint density at radius 1 is 1.15 bits per heavy atom. The highest BCUT2D eigenvalue weighted by Crippen LogP contribution is 2.25. The Balaban J connectivity index is 1.65. The molecule has 3 rings (SSSR count). The number of aryl methyl sites for hydroxylation is 1.